The molecular formula is C18H26N2O4. The molecule has 1 aliphatic rings. The molecule has 132 valence electrons. The first-order chi connectivity index (χ1) is 11.5. The summed E-state index contributed by atoms with van der Waals surface area (Å²) in [5.41, 5.74) is 1.79. The van der Waals surface area contributed by atoms with Crippen LogP contribution >= 0.6 is 0 Å². The van der Waals surface area contributed by atoms with Gasteiger partial charge in [-0.05, 0) is 31.0 Å². The fraction of sp³-hybridized carbons (Fsp3) is 0.556. The zero-order valence-corrected chi connectivity index (χ0v) is 14.9. The predicted octanol–water partition coefficient (Wildman–Crippen LogP) is 1.64. The van der Waals surface area contributed by atoms with Crippen LogP contribution in [0.25, 0.3) is 0 Å². The van der Waals surface area contributed by atoms with Crippen LogP contribution in [0.1, 0.15) is 24.5 Å². The number of nitrogens with zero attached hydrogens (tertiary/aromatic N) is 2. The van der Waals surface area contributed by atoms with Crippen LogP contribution < -0.4 is 9.47 Å². The maximum atomic E-state index is 12.7. The van der Waals surface area contributed by atoms with Gasteiger partial charge in [0.1, 0.15) is 11.5 Å². The average molecular weight is 334 g/mol. The van der Waals surface area contributed by atoms with Gasteiger partial charge >= 0.3 is 0 Å². The lowest BCUT2D eigenvalue weighted by Crippen LogP contribution is -2.37. The van der Waals surface area contributed by atoms with Crippen LogP contribution in [0.15, 0.2) is 12.1 Å². The lowest BCUT2D eigenvalue weighted by molar-refractivity contribution is -0.132. The first-order valence-corrected chi connectivity index (χ1v) is 8.21. The Hall–Kier alpha value is -2.24. The lowest BCUT2D eigenvalue weighted by atomic mass is 10.1. The zero-order chi connectivity index (χ0) is 17.7. The molecule has 0 bridgehead atoms. The van der Waals surface area contributed by atoms with E-state index in [1.807, 2.05) is 24.0 Å². The highest BCUT2D eigenvalue weighted by atomic mass is 16.5. The first kappa shape index (κ1) is 18.1. The summed E-state index contributed by atoms with van der Waals surface area (Å²) < 4.78 is 10.8. The van der Waals surface area contributed by atoms with Crippen molar-refractivity contribution >= 4 is 11.8 Å². The molecule has 1 heterocycles. The van der Waals surface area contributed by atoms with E-state index in [4.69, 9.17) is 9.47 Å². The Morgan fingerprint density at radius 2 is 1.62 bits per heavy atom. The molecule has 1 fully saturated rings. The predicted molar refractivity (Wildman–Crippen MR) is 91.4 cm³/mol. The summed E-state index contributed by atoms with van der Waals surface area (Å²) in [5.74, 6) is 1.55. The molecule has 1 aromatic rings. The minimum absolute atomic E-state index is 0.0459. The quantitative estimate of drug-likeness (QED) is 0.840. The van der Waals surface area contributed by atoms with E-state index >= 15 is 0 Å². The third-order valence-electron chi connectivity index (χ3n) is 4.43. The van der Waals surface area contributed by atoms with Crippen molar-refractivity contribution in [2.45, 2.75) is 26.7 Å². The second-order valence-corrected chi connectivity index (χ2v) is 6.05. The van der Waals surface area contributed by atoms with Gasteiger partial charge in [-0.2, -0.15) is 0 Å². The maximum Gasteiger partial charge on any atom is 0.227 e. The summed E-state index contributed by atoms with van der Waals surface area (Å²) in [6, 6.07) is 3.76. The van der Waals surface area contributed by atoms with Crippen LogP contribution in [0.5, 0.6) is 11.5 Å². The summed E-state index contributed by atoms with van der Waals surface area (Å²) in [6.07, 6.45) is 1.07. The molecule has 1 aliphatic heterocycles. The van der Waals surface area contributed by atoms with Gasteiger partial charge in [0.25, 0.3) is 0 Å². The van der Waals surface area contributed by atoms with E-state index in [1.165, 1.54) is 0 Å². The molecule has 0 radical (unpaired) electrons. The Morgan fingerprint density at radius 1 is 1.00 bits per heavy atom. The molecule has 0 saturated carbocycles. The van der Waals surface area contributed by atoms with Crippen molar-refractivity contribution in [3.8, 4) is 11.5 Å². The smallest absolute Gasteiger partial charge is 0.227 e. The minimum atomic E-state index is 0.0459. The molecule has 0 atom stereocenters. The summed E-state index contributed by atoms with van der Waals surface area (Å²) >= 11 is 0. The molecule has 2 rings (SSSR count). The standard InChI is InChI=1S/C18H26N2O4/c1-13-10-17(24-4)15(11-16(13)23-3)12-18(22)20-7-5-6-19(8-9-20)14(2)21/h10-11H,5-9,12H2,1-4H3. The maximum absolute atomic E-state index is 12.7. The Kier molecular flexibility index (Phi) is 6.06. The van der Waals surface area contributed by atoms with E-state index in [9.17, 15) is 9.59 Å². The molecule has 0 unspecified atom stereocenters. The SMILES string of the molecule is COc1cc(CC(=O)N2CCCN(C(C)=O)CC2)c(OC)cc1C. The molecule has 0 spiro atoms. The molecule has 2 amide bonds. The van der Waals surface area contributed by atoms with Crippen LogP contribution in [-0.2, 0) is 16.0 Å². The molecule has 6 nitrogen and oxygen atoms in total. The molecule has 24 heavy (non-hydrogen) atoms. The van der Waals surface area contributed by atoms with Crippen LogP contribution in [0.2, 0.25) is 0 Å². The number of ether oxygens (including phenoxy) is 2. The Balaban J connectivity index is 2.10. The van der Waals surface area contributed by atoms with Crippen LogP contribution in [0, 0.1) is 6.92 Å². The molecule has 0 aliphatic carbocycles. The van der Waals surface area contributed by atoms with Gasteiger partial charge in [-0.3, -0.25) is 9.59 Å². The highest BCUT2D eigenvalue weighted by Gasteiger charge is 2.22. The number of methoxy groups -OCH3 is 2. The molecular weight excluding hydrogens is 308 g/mol. The van der Waals surface area contributed by atoms with Gasteiger partial charge in [0, 0.05) is 38.7 Å². The molecule has 6 heteroatoms. The molecule has 0 N–H and O–H groups in total. The van der Waals surface area contributed by atoms with Crippen LogP contribution in [-0.4, -0.2) is 62.0 Å². The average Bonchev–Trinajstić information content (AvgIpc) is 2.82. The Morgan fingerprint density at radius 3 is 2.25 bits per heavy atom. The second kappa shape index (κ2) is 8.04. The van der Waals surface area contributed by atoms with E-state index in [2.05, 4.69) is 0 Å². The highest BCUT2D eigenvalue weighted by molar-refractivity contribution is 5.80. The number of hydrogen-bond acceptors (Lipinski definition) is 4. The van der Waals surface area contributed by atoms with E-state index in [0.29, 0.717) is 31.9 Å². The van der Waals surface area contributed by atoms with Crippen molar-refractivity contribution in [2.24, 2.45) is 0 Å². The highest BCUT2D eigenvalue weighted by Crippen LogP contribution is 2.29. The normalized spacial score (nSPS) is 15.0. The number of benzene rings is 1. The first-order valence-electron chi connectivity index (χ1n) is 8.21. The van der Waals surface area contributed by atoms with Gasteiger partial charge in [0.15, 0.2) is 0 Å². The second-order valence-electron chi connectivity index (χ2n) is 6.05. The number of carbonyl (C=O) groups excluding carboxylic acids is 2. The van der Waals surface area contributed by atoms with Gasteiger partial charge in [0.2, 0.25) is 11.8 Å². The lowest BCUT2D eigenvalue weighted by Gasteiger charge is -2.22. The minimum Gasteiger partial charge on any atom is -0.496 e. The number of carbonyl (C=O) groups is 2. The Bertz CT molecular complexity index is 615. The van der Waals surface area contributed by atoms with Gasteiger partial charge < -0.3 is 19.3 Å². The van der Waals surface area contributed by atoms with E-state index in [-0.39, 0.29) is 18.2 Å². The molecule has 1 saturated heterocycles. The van der Waals surface area contributed by atoms with Crippen molar-refractivity contribution in [3.05, 3.63) is 23.3 Å². The van der Waals surface area contributed by atoms with E-state index in [1.54, 1.807) is 26.0 Å². The molecule has 0 aromatic heterocycles. The van der Waals surface area contributed by atoms with Gasteiger partial charge in [-0.15, -0.1) is 0 Å². The molecule has 1 aromatic carbocycles. The number of amides is 2. The van der Waals surface area contributed by atoms with E-state index in [0.717, 1.165) is 23.3 Å². The third kappa shape index (κ3) is 4.19. The summed E-state index contributed by atoms with van der Waals surface area (Å²) in [7, 11) is 3.22. The Labute approximate surface area is 143 Å². The van der Waals surface area contributed by atoms with Crippen molar-refractivity contribution in [2.75, 3.05) is 40.4 Å². The summed E-state index contributed by atoms with van der Waals surface area (Å²) in [4.78, 5) is 27.8. The van der Waals surface area contributed by atoms with Crippen molar-refractivity contribution in [3.63, 3.8) is 0 Å². The van der Waals surface area contributed by atoms with Gasteiger partial charge in [0.05, 0.1) is 20.6 Å². The fourth-order valence-electron chi connectivity index (χ4n) is 3.01. The fourth-order valence-corrected chi connectivity index (χ4v) is 3.01. The van der Waals surface area contributed by atoms with E-state index < -0.39 is 0 Å². The number of aryl methyl sites for hydroxylation is 1. The zero-order valence-electron chi connectivity index (χ0n) is 14.9. The summed E-state index contributed by atoms with van der Waals surface area (Å²) in [6.45, 7) is 6.06. The monoisotopic (exact) mass is 334 g/mol. The topological polar surface area (TPSA) is 59.1 Å². The van der Waals surface area contributed by atoms with Gasteiger partial charge in [-0.25, -0.2) is 0 Å². The van der Waals surface area contributed by atoms with Gasteiger partial charge in [-0.1, -0.05) is 0 Å². The van der Waals surface area contributed by atoms with Crippen LogP contribution in [0.4, 0.5) is 0 Å². The number of rotatable bonds is 4. The van der Waals surface area contributed by atoms with Crippen molar-refractivity contribution in [1.29, 1.82) is 0 Å². The third-order valence-corrected chi connectivity index (χ3v) is 4.43. The van der Waals surface area contributed by atoms with Crippen LogP contribution in [0.3, 0.4) is 0 Å². The largest absolute Gasteiger partial charge is 0.496 e. The van der Waals surface area contributed by atoms with Crippen molar-refractivity contribution < 1.29 is 19.1 Å². The summed E-state index contributed by atoms with van der Waals surface area (Å²) in [5, 5.41) is 0. The number of hydrogen-bond donors (Lipinski definition) is 0. The van der Waals surface area contributed by atoms with Crippen molar-refractivity contribution in [1.82, 2.24) is 9.80 Å².